The summed E-state index contributed by atoms with van der Waals surface area (Å²) < 4.78 is 20.7. The Labute approximate surface area is 156 Å². The van der Waals surface area contributed by atoms with Crippen LogP contribution < -0.4 is 4.90 Å². The summed E-state index contributed by atoms with van der Waals surface area (Å²) in [5.74, 6) is 0.106. The lowest BCUT2D eigenvalue weighted by atomic mass is 9.92. The zero-order valence-corrected chi connectivity index (χ0v) is 15.3. The first-order valence-corrected chi connectivity index (χ1v) is 9.05. The van der Waals surface area contributed by atoms with Crippen LogP contribution in [-0.4, -0.2) is 40.7 Å². The molecule has 0 bridgehead atoms. The molecule has 7 heteroatoms. The third-order valence-electron chi connectivity index (χ3n) is 4.94. The first-order chi connectivity index (χ1) is 12.7. The van der Waals surface area contributed by atoms with Crippen molar-refractivity contribution in [1.82, 2.24) is 14.4 Å². The van der Waals surface area contributed by atoms with Crippen molar-refractivity contribution in [3.05, 3.63) is 58.9 Å². The fraction of sp³-hybridized carbons (Fsp3) is 0.368. The van der Waals surface area contributed by atoms with E-state index in [1.54, 1.807) is 7.11 Å². The summed E-state index contributed by atoms with van der Waals surface area (Å²) in [7, 11) is 1.67. The van der Waals surface area contributed by atoms with Gasteiger partial charge in [0.2, 0.25) is 5.95 Å². The van der Waals surface area contributed by atoms with Crippen molar-refractivity contribution in [2.75, 3.05) is 25.2 Å². The van der Waals surface area contributed by atoms with Crippen LogP contribution >= 0.6 is 11.6 Å². The minimum atomic E-state index is -0.432. The molecule has 1 unspecified atom stereocenters. The Kier molecular flexibility index (Phi) is 4.78. The highest BCUT2D eigenvalue weighted by molar-refractivity contribution is 6.30. The van der Waals surface area contributed by atoms with Gasteiger partial charge >= 0.3 is 0 Å². The number of methoxy groups -OCH3 is 1. The van der Waals surface area contributed by atoms with Crippen LogP contribution in [0.4, 0.5) is 10.3 Å². The number of pyridine rings is 1. The molecule has 0 N–H and O–H groups in total. The predicted octanol–water partition coefficient (Wildman–Crippen LogP) is 3.53. The van der Waals surface area contributed by atoms with Crippen LogP contribution in [0.5, 0.6) is 0 Å². The lowest BCUT2D eigenvalue weighted by Gasteiger charge is -2.34. The van der Waals surface area contributed by atoms with Crippen LogP contribution in [0, 0.1) is 5.82 Å². The van der Waals surface area contributed by atoms with E-state index in [9.17, 15) is 4.39 Å². The van der Waals surface area contributed by atoms with E-state index in [2.05, 4.69) is 25.3 Å². The number of anilines is 1. The number of rotatable bonds is 5. The number of hydrogen-bond donors (Lipinski definition) is 0. The average molecular weight is 375 g/mol. The van der Waals surface area contributed by atoms with E-state index in [0.717, 1.165) is 29.8 Å². The molecule has 0 aliphatic heterocycles. The third kappa shape index (κ3) is 3.27. The second kappa shape index (κ2) is 7.21. The van der Waals surface area contributed by atoms with Crippen molar-refractivity contribution < 1.29 is 9.13 Å². The quantitative estimate of drug-likeness (QED) is 0.685. The Morgan fingerprint density at radius 2 is 2.15 bits per heavy atom. The van der Waals surface area contributed by atoms with E-state index in [0.29, 0.717) is 19.1 Å². The largest absolute Gasteiger partial charge is 0.383 e. The number of aromatic nitrogens is 3. The standard InChI is InChI=1S/C19H20ClFN4O/c1-26-7-6-24(19-22-10-15(21)11-23-19)17-4-2-13-8-16-5-3-14(20)12-25(16)18(13)9-17/h3,5,8,10-12,17H,2,4,6-7,9H2,1H3. The smallest absolute Gasteiger partial charge is 0.225 e. The monoisotopic (exact) mass is 374 g/mol. The zero-order chi connectivity index (χ0) is 18.1. The Hall–Kier alpha value is -2.18. The van der Waals surface area contributed by atoms with Gasteiger partial charge in [-0.25, -0.2) is 14.4 Å². The molecule has 0 amide bonds. The highest BCUT2D eigenvalue weighted by atomic mass is 35.5. The number of fused-ring (bicyclic) bond motifs is 3. The topological polar surface area (TPSA) is 42.7 Å². The van der Waals surface area contributed by atoms with Crippen LogP contribution in [0.3, 0.4) is 0 Å². The van der Waals surface area contributed by atoms with E-state index >= 15 is 0 Å². The normalized spacial score (nSPS) is 16.7. The minimum absolute atomic E-state index is 0.222. The molecule has 3 aromatic rings. The van der Waals surface area contributed by atoms with Crippen LogP contribution in [0.2, 0.25) is 5.02 Å². The second-order valence-electron chi connectivity index (χ2n) is 6.54. The van der Waals surface area contributed by atoms with Gasteiger partial charge in [0.05, 0.1) is 24.0 Å². The molecule has 136 valence electrons. The molecule has 0 fully saturated rings. The van der Waals surface area contributed by atoms with E-state index in [-0.39, 0.29) is 6.04 Å². The molecule has 5 nitrogen and oxygen atoms in total. The maximum absolute atomic E-state index is 13.2. The summed E-state index contributed by atoms with van der Waals surface area (Å²) in [5, 5.41) is 0.719. The zero-order valence-electron chi connectivity index (χ0n) is 14.5. The van der Waals surface area contributed by atoms with E-state index in [1.165, 1.54) is 23.7 Å². The van der Waals surface area contributed by atoms with Crippen LogP contribution in [0.1, 0.15) is 17.7 Å². The molecule has 1 aliphatic rings. The Bertz CT molecular complexity index is 912. The molecule has 1 aliphatic carbocycles. The lowest BCUT2D eigenvalue weighted by molar-refractivity contribution is 0.201. The number of ether oxygens (including phenoxy) is 1. The van der Waals surface area contributed by atoms with Gasteiger partial charge in [-0.3, -0.25) is 0 Å². The van der Waals surface area contributed by atoms with Crippen molar-refractivity contribution in [2.24, 2.45) is 0 Å². The number of aryl methyl sites for hydroxylation is 1. The van der Waals surface area contributed by atoms with Gasteiger partial charge in [0.15, 0.2) is 5.82 Å². The fourth-order valence-corrected chi connectivity index (χ4v) is 3.86. The van der Waals surface area contributed by atoms with Gasteiger partial charge in [-0.2, -0.15) is 0 Å². The van der Waals surface area contributed by atoms with Gasteiger partial charge in [0.1, 0.15) is 0 Å². The van der Waals surface area contributed by atoms with Crippen molar-refractivity contribution in [3.63, 3.8) is 0 Å². The van der Waals surface area contributed by atoms with Gasteiger partial charge < -0.3 is 14.0 Å². The van der Waals surface area contributed by atoms with Gasteiger partial charge in [-0.1, -0.05) is 11.6 Å². The predicted molar refractivity (Wildman–Crippen MR) is 99.4 cm³/mol. The molecule has 26 heavy (non-hydrogen) atoms. The molecule has 1 atom stereocenters. The molecular formula is C19H20ClFN4O. The Morgan fingerprint density at radius 1 is 1.35 bits per heavy atom. The van der Waals surface area contributed by atoms with Crippen molar-refractivity contribution >= 4 is 23.1 Å². The average Bonchev–Trinajstić information content (AvgIpc) is 3.01. The van der Waals surface area contributed by atoms with E-state index in [4.69, 9.17) is 16.3 Å². The summed E-state index contributed by atoms with van der Waals surface area (Å²) in [6.45, 7) is 1.22. The highest BCUT2D eigenvalue weighted by Gasteiger charge is 2.28. The molecule has 3 aromatic heterocycles. The highest BCUT2D eigenvalue weighted by Crippen LogP contribution is 2.30. The molecule has 0 spiro atoms. The summed E-state index contributed by atoms with van der Waals surface area (Å²) >= 11 is 6.19. The summed E-state index contributed by atoms with van der Waals surface area (Å²) in [6.07, 6.45) is 7.21. The lowest BCUT2D eigenvalue weighted by Crippen LogP contribution is -2.42. The maximum atomic E-state index is 13.2. The SMILES string of the molecule is COCCN(c1ncc(F)cn1)C1CCc2cc3ccc(Cl)cn3c2C1. The third-order valence-corrected chi connectivity index (χ3v) is 5.17. The molecular weight excluding hydrogens is 355 g/mol. The molecule has 0 aromatic carbocycles. The van der Waals surface area contributed by atoms with Gasteiger partial charge in [-0.15, -0.1) is 0 Å². The summed E-state index contributed by atoms with van der Waals surface area (Å²) in [5.41, 5.74) is 3.78. The Morgan fingerprint density at radius 3 is 2.92 bits per heavy atom. The summed E-state index contributed by atoms with van der Waals surface area (Å²) in [4.78, 5) is 10.5. The van der Waals surface area contributed by atoms with Crippen LogP contribution in [0.15, 0.2) is 36.8 Å². The van der Waals surface area contributed by atoms with Crippen molar-refractivity contribution in [3.8, 4) is 0 Å². The van der Waals surface area contributed by atoms with Crippen molar-refractivity contribution in [1.29, 1.82) is 0 Å². The number of halogens is 2. The van der Waals surface area contributed by atoms with Gasteiger partial charge in [0, 0.05) is 43.5 Å². The maximum Gasteiger partial charge on any atom is 0.225 e. The molecule has 0 radical (unpaired) electrons. The molecule has 4 rings (SSSR count). The number of nitrogens with zero attached hydrogens (tertiary/aromatic N) is 4. The van der Waals surface area contributed by atoms with Crippen LogP contribution in [-0.2, 0) is 17.6 Å². The molecule has 0 saturated heterocycles. The van der Waals surface area contributed by atoms with Gasteiger partial charge in [-0.05, 0) is 36.6 Å². The van der Waals surface area contributed by atoms with E-state index in [1.807, 2.05) is 18.3 Å². The van der Waals surface area contributed by atoms with Gasteiger partial charge in [0.25, 0.3) is 0 Å². The van der Waals surface area contributed by atoms with Crippen LogP contribution in [0.25, 0.3) is 5.52 Å². The van der Waals surface area contributed by atoms with E-state index < -0.39 is 5.82 Å². The molecule has 3 heterocycles. The first-order valence-electron chi connectivity index (χ1n) is 8.67. The first kappa shape index (κ1) is 17.2. The minimum Gasteiger partial charge on any atom is -0.383 e. The molecule has 0 saturated carbocycles. The Balaban J connectivity index is 1.66. The number of hydrogen-bond acceptors (Lipinski definition) is 4. The second-order valence-corrected chi connectivity index (χ2v) is 6.98. The fourth-order valence-electron chi connectivity index (χ4n) is 3.70. The van der Waals surface area contributed by atoms with Crippen molar-refractivity contribution in [2.45, 2.75) is 25.3 Å². The summed E-state index contributed by atoms with van der Waals surface area (Å²) in [6, 6.07) is 6.41.